The van der Waals surface area contributed by atoms with Crippen LogP contribution in [-0.2, 0) is 30.5 Å². The standard InChI is InChI=1S/C27H27F3N2O4/c1-3-32(26(35)31-16-18-7-5-4-6-8-18)17-20-15-21(27(28,29)30)10-11-22(20)23-13-19(14-25(33)34)9-12-24(23)36-2/h4-13,15H,3,14,16-17H2,1-2H3,(H,31,35)(H,33,34)/p+1. The monoisotopic (exact) mass is 501 g/mol. The Balaban J connectivity index is 1.99. The van der Waals surface area contributed by atoms with Gasteiger partial charge in [-0.05, 0) is 53.4 Å². The number of hydrogen-bond donors (Lipinski definition) is 1. The van der Waals surface area contributed by atoms with Gasteiger partial charge in [-0.2, -0.15) is 13.2 Å². The van der Waals surface area contributed by atoms with E-state index in [0.29, 0.717) is 22.4 Å². The van der Waals surface area contributed by atoms with Gasteiger partial charge in [0.15, 0.2) is 0 Å². The zero-order chi connectivity index (χ0) is 26.3. The lowest BCUT2D eigenvalue weighted by Crippen LogP contribution is -2.39. The average molecular weight is 502 g/mol. The van der Waals surface area contributed by atoms with E-state index in [1.165, 1.54) is 18.1 Å². The number of nitrogens with one attached hydrogen (secondary N) is 1. The van der Waals surface area contributed by atoms with Gasteiger partial charge in [-0.15, -0.1) is 0 Å². The lowest BCUT2D eigenvalue weighted by atomic mass is 9.94. The third kappa shape index (κ3) is 6.78. The van der Waals surface area contributed by atoms with Crippen LogP contribution in [0.3, 0.4) is 0 Å². The summed E-state index contributed by atoms with van der Waals surface area (Å²) in [5, 5.41) is 10.1. The summed E-state index contributed by atoms with van der Waals surface area (Å²) < 4.78 is 46.1. The van der Waals surface area contributed by atoms with Crippen LogP contribution in [0.5, 0.6) is 5.75 Å². The van der Waals surface area contributed by atoms with Crippen molar-refractivity contribution in [1.82, 2.24) is 10.2 Å². The molecule has 3 rings (SSSR count). The predicted molar refractivity (Wildman–Crippen MR) is 131 cm³/mol. The minimum Gasteiger partial charge on any atom is -0.564 e. The molecule has 190 valence electrons. The Hall–Kier alpha value is -4.01. The molecule has 0 atom stereocenters. The van der Waals surface area contributed by atoms with Crippen LogP contribution < -0.4 is 10.1 Å². The van der Waals surface area contributed by atoms with Crippen molar-refractivity contribution in [2.45, 2.75) is 32.6 Å². The molecule has 0 saturated heterocycles. The molecular weight excluding hydrogens is 473 g/mol. The third-order valence-corrected chi connectivity index (χ3v) is 5.67. The molecule has 3 aromatic rings. The zero-order valence-electron chi connectivity index (χ0n) is 20.0. The molecule has 0 heterocycles. The Morgan fingerprint density at radius 2 is 1.69 bits per heavy atom. The number of carbonyl (C=O) groups is 2. The molecule has 0 aromatic heterocycles. The number of ether oxygens (including phenoxy) is 1. The molecule has 6 nitrogen and oxygen atoms in total. The number of urea groups is 1. The van der Waals surface area contributed by atoms with E-state index >= 15 is 0 Å². The fraction of sp³-hybridized carbons (Fsp3) is 0.259. The summed E-state index contributed by atoms with van der Waals surface area (Å²) in [7, 11) is 1.44. The summed E-state index contributed by atoms with van der Waals surface area (Å²) in [6.45, 7) is 2.21. The zero-order valence-corrected chi connectivity index (χ0v) is 20.0. The molecule has 3 aromatic carbocycles. The van der Waals surface area contributed by atoms with Crippen LogP contribution in [0.2, 0.25) is 0 Å². The Morgan fingerprint density at radius 1 is 0.972 bits per heavy atom. The van der Waals surface area contributed by atoms with Crippen molar-refractivity contribution in [2.24, 2.45) is 0 Å². The van der Waals surface area contributed by atoms with Crippen LogP contribution in [0.15, 0.2) is 66.7 Å². The molecule has 0 radical (unpaired) electrons. The molecule has 0 bridgehead atoms. The van der Waals surface area contributed by atoms with E-state index in [2.05, 4.69) is 5.32 Å². The Bertz CT molecular complexity index is 1210. The molecule has 3 N–H and O–H groups in total. The van der Waals surface area contributed by atoms with E-state index in [-0.39, 0.29) is 31.6 Å². The summed E-state index contributed by atoms with van der Waals surface area (Å²) in [5.41, 5.74) is 1.78. The number of methoxy groups -OCH3 is 1. The molecule has 0 aliphatic rings. The van der Waals surface area contributed by atoms with Crippen molar-refractivity contribution < 1.29 is 32.6 Å². The molecule has 0 spiro atoms. The number of nitrogens with zero attached hydrogens (tertiary/aromatic N) is 1. The fourth-order valence-corrected chi connectivity index (χ4v) is 3.84. The van der Waals surface area contributed by atoms with Crippen molar-refractivity contribution in [3.05, 3.63) is 89.0 Å². The van der Waals surface area contributed by atoms with Crippen molar-refractivity contribution in [3.63, 3.8) is 0 Å². The van der Waals surface area contributed by atoms with Gasteiger partial charge in [-0.3, -0.25) is 0 Å². The second-order valence-corrected chi connectivity index (χ2v) is 8.16. The average Bonchev–Trinajstić information content (AvgIpc) is 2.85. The van der Waals surface area contributed by atoms with E-state index < -0.39 is 23.7 Å². The normalized spacial score (nSPS) is 11.1. The minimum absolute atomic E-state index is 0.0822. The Kier molecular flexibility index (Phi) is 8.58. The smallest absolute Gasteiger partial charge is 0.520 e. The highest BCUT2D eigenvalue weighted by Gasteiger charge is 2.31. The molecule has 9 heteroatoms. The molecule has 0 aliphatic carbocycles. The van der Waals surface area contributed by atoms with Gasteiger partial charge in [0.25, 0.3) is 0 Å². The predicted octanol–water partition coefficient (Wildman–Crippen LogP) is 4.91. The van der Waals surface area contributed by atoms with E-state index in [1.54, 1.807) is 25.1 Å². The molecule has 0 fully saturated rings. The van der Waals surface area contributed by atoms with Gasteiger partial charge >= 0.3 is 18.2 Å². The van der Waals surface area contributed by atoms with Crippen molar-refractivity contribution in [3.8, 4) is 16.9 Å². The van der Waals surface area contributed by atoms with Crippen molar-refractivity contribution >= 4 is 12.0 Å². The summed E-state index contributed by atoms with van der Waals surface area (Å²) >= 11 is 0. The van der Waals surface area contributed by atoms with Crippen molar-refractivity contribution in [1.29, 1.82) is 0 Å². The van der Waals surface area contributed by atoms with Crippen LogP contribution in [-0.4, -0.2) is 35.7 Å². The minimum atomic E-state index is -4.57. The number of amides is 2. The van der Waals surface area contributed by atoms with Crippen LogP contribution in [0.4, 0.5) is 18.0 Å². The molecular formula is C27H28F3N2O4+. The third-order valence-electron chi connectivity index (χ3n) is 5.67. The van der Waals surface area contributed by atoms with E-state index in [4.69, 9.17) is 9.84 Å². The van der Waals surface area contributed by atoms with E-state index in [0.717, 1.165) is 17.7 Å². The topological polar surface area (TPSA) is 81.5 Å². The van der Waals surface area contributed by atoms with Crippen molar-refractivity contribution in [2.75, 3.05) is 13.7 Å². The first kappa shape index (κ1) is 26.6. The fourth-order valence-electron chi connectivity index (χ4n) is 3.84. The summed E-state index contributed by atoms with van der Waals surface area (Å²) in [6, 6.07) is 17.1. The summed E-state index contributed by atoms with van der Waals surface area (Å²) in [4.78, 5) is 25.6. The van der Waals surface area contributed by atoms with Crippen LogP contribution in [0, 0.1) is 0 Å². The first-order valence-electron chi connectivity index (χ1n) is 11.3. The quantitative estimate of drug-likeness (QED) is 0.423. The van der Waals surface area contributed by atoms with Gasteiger partial charge in [0, 0.05) is 30.0 Å². The first-order chi connectivity index (χ1) is 17.1. The highest BCUT2D eigenvalue weighted by Crippen LogP contribution is 2.38. The number of hydrogen-bond acceptors (Lipinski definition) is 3. The molecule has 0 unspecified atom stereocenters. The van der Waals surface area contributed by atoms with E-state index in [9.17, 15) is 22.8 Å². The van der Waals surface area contributed by atoms with Crippen LogP contribution in [0.1, 0.15) is 29.2 Å². The number of benzene rings is 3. The lowest BCUT2D eigenvalue weighted by Gasteiger charge is -2.24. The Labute approximate surface area is 207 Å². The maximum absolute atomic E-state index is 13.6. The second kappa shape index (κ2) is 11.6. The van der Waals surface area contributed by atoms with E-state index in [1.807, 2.05) is 30.3 Å². The summed E-state index contributed by atoms with van der Waals surface area (Å²) in [5.74, 6) is -0.389. The maximum atomic E-state index is 13.6. The summed E-state index contributed by atoms with van der Waals surface area (Å²) in [6.07, 6.45) is -4.71. The Morgan fingerprint density at radius 3 is 2.31 bits per heavy atom. The highest BCUT2D eigenvalue weighted by molar-refractivity contribution is 5.78. The van der Waals surface area contributed by atoms with Gasteiger partial charge in [-0.25, -0.2) is 4.79 Å². The number of rotatable bonds is 9. The molecule has 36 heavy (non-hydrogen) atoms. The van der Waals surface area contributed by atoms with Gasteiger partial charge in [0.05, 0.1) is 12.7 Å². The lowest BCUT2D eigenvalue weighted by molar-refractivity contribution is -0.138. The van der Waals surface area contributed by atoms with Crippen LogP contribution >= 0.6 is 0 Å². The molecule has 0 saturated carbocycles. The highest BCUT2D eigenvalue weighted by atomic mass is 19.4. The number of halogens is 3. The van der Waals surface area contributed by atoms with Gasteiger partial charge < -0.3 is 20.1 Å². The maximum Gasteiger partial charge on any atom is 0.520 e. The molecule has 0 aliphatic heterocycles. The molecule has 2 amide bonds. The van der Waals surface area contributed by atoms with Gasteiger partial charge in [0.1, 0.15) is 12.2 Å². The SMILES string of the molecule is CCN(Cc1cc(C(F)(F)F)ccc1-c1cc(CC(=O)[OH2+])ccc1OC)C(=O)NCc1ccccc1. The number of carbonyl (C=O) groups excluding carboxylic acids is 2. The number of alkyl halides is 3. The van der Waals surface area contributed by atoms with Crippen LogP contribution in [0.25, 0.3) is 11.1 Å². The largest absolute Gasteiger partial charge is 0.564 e. The first-order valence-corrected chi connectivity index (χ1v) is 11.3. The van der Waals surface area contributed by atoms with Gasteiger partial charge in [0.2, 0.25) is 0 Å². The second-order valence-electron chi connectivity index (χ2n) is 8.16. The van der Waals surface area contributed by atoms with Gasteiger partial charge in [-0.1, -0.05) is 42.5 Å².